The standard InChI is InChI=1S/C13H12.C10H8.C9H8.2C8H10.C5H10.2C5H6.6C3H8.9C2H6.CH4/c1-3-7-12(8-4-1)11-13-9-5-2-6-10-13;1-2-6-10-8-4-3-7-9(10)5-1;1-2-5-9-7-3-6-8(9)4-1;2*1-2-8-6-4-3-5-7-8;3*1-2-4-5-3-1;6*1-3-2;9*1-2;/h1-10H,11H2;1-8H;1-6H,7H2;2*3-7H,2H2,1H3;1-5H2;2*1-4H,5H2;6*3H2,1-2H3;9*1-2H3;1H4. The van der Waals surface area contributed by atoms with Gasteiger partial charge in [0.1, 0.15) is 0 Å². The predicted molar refractivity (Wildman–Crippen MR) is 484 cm³/mol. The fourth-order valence-electron chi connectivity index (χ4n) is 6.85. The summed E-state index contributed by atoms with van der Waals surface area (Å²) >= 11 is 0. The van der Waals surface area contributed by atoms with Crippen LogP contribution in [0.1, 0.15) is 346 Å². The van der Waals surface area contributed by atoms with Crippen LogP contribution in [0.15, 0.2) is 249 Å². The molecule has 0 aromatic heterocycles. The van der Waals surface area contributed by atoms with Gasteiger partial charge in [-0.1, -0.05) is 554 Å². The van der Waals surface area contributed by atoms with Crippen LogP contribution in [0.4, 0.5) is 0 Å². The molecular weight excluding hydrogens is 1200 g/mol. The monoisotopic (exact) mass is 1380 g/mol. The van der Waals surface area contributed by atoms with Crippen LogP contribution in [0.5, 0.6) is 0 Å². The van der Waals surface area contributed by atoms with Crippen molar-refractivity contribution in [2.75, 3.05) is 0 Å². The molecule has 0 saturated heterocycles. The molecule has 11 rings (SSSR count). The number of rotatable bonds is 4. The first kappa shape index (κ1) is 123. The number of benzene rings is 7. The van der Waals surface area contributed by atoms with Gasteiger partial charge in [-0.15, -0.1) is 0 Å². The van der Waals surface area contributed by atoms with Crippen LogP contribution < -0.4 is 0 Å². The molecular formula is C100H176. The average molecular weight is 1380 g/mol. The van der Waals surface area contributed by atoms with Gasteiger partial charge in [0, 0.05) is 0 Å². The Hall–Kier alpha value is -6.50. The topological polar surface area (TPSA) is 0 Å². The van der Waals surface area contributed by atoms with Crippen molar-refractivity contribution in [2.24, 2.45) is 0 Å². The molecule has 0 atom stereocenters. The molecule has 0 N–H and O–H groups in total. The number of aryl methyl sites for hydroxylation is 2. The van der Waals surface area contributed by atoms with Crippen molar-refractivity contribution in [1.29, 1.82) is 0 Å². The van der Waals surface area contributed by atoms with Crippen molar-refractivity contribution in [1.82, 2.24) is 0 Å². The zero-order valence-electron chi connectivity index (χ0n) is 72.3. The maximum absolute atomic E-state index is 2.20. The molecule has 0 heterocycles. The number of fused-ring (bicyclic) bond motifs is 2. The lowest BCUT2D eigenvalue weighted by atomic mass is 10.1. The van der Waals surface area contributed by atoms with E-state index in [-0.39, 0.29) is 7.43 Å². The highest BCUT2D eigenvalue weighted by Crippen LogP contribution is 2.18. The molecule has 0 radical (unpaired) electrons. The second kappa shape index (κ2) is 132. The normalized spacial score (nSPS) is 9.56. The maximum atomic E-state index is 2.20. The van der Waals surface area contributed by atoms with Crippen LogP contribution in [0.3, 0.4) is 0 Å². The van der Waals surface area contributed by atoms with E-state index in [1.54, 1.807) is 0 Å². The van der Waals surface area contributed by atoms with E-state index in [0.717, 1.165) is 38.5 Å². The lowest BCUT2D eigenvalue weighted by Gasteiger charge is -2.00. The molecule has 0 aliphatic heterocycles. The summed E-state index contributed by atoms with van der Waals surface area (Å²) in [5.41, 5.74) is 8.40. The summed E-state index contributed by atoms with van der Waals surface area (Å²) in [7, 11) is 0. The molecule has 0 unspecified atom stereocenters. The van der Waals surface area contributed by atoms with Crippen LogP contribution in [-0.2, 0) is 25.7 Å². The first-order valence-corrected chi connectivity index (χ1v) is 40.7. The van der Waals surface area contributed by atoms with Gasteiger partial charge in [-0.25, -0.2) is 0 Å². The lowest BCUT2D eigenvalue weighted by molar-refractivity contribution is 0.886. The van der Waals surface area contributed by atoms with Crippen molar-refractivity contribution >= 4 is 16.8 Å². The van der Waals surface area contributed by atoms with Gasteiger partial charge in [0.15, 0.2) is 0 Å². The minimum absolute atomic E-state index is 0. The zero-order valence-corrected chi connectivity index (χ0v) is 72.3. The van der Waals surface area contributed by atoms with E-state index in [4.69, 9.17) is 0 Å². The summed E-state index contributed by atoms with van der Waals surface area (Å²) in [5, 5.41) is 2.62. The van der Waals surface area contributed by atoms with Crippen molar-refractivity contribution in [3.8, 4) is 0 Å². The second-order valence-electron chi connectivity index (χ2n) is 19.7. The first-order chi connectivity index (χ1) is 48.7. The van der Waals surface area contributed by atoms with Gasteiger partial charge < -0.3 is 0 Å². The van der Waals surface area contributed by atoms with E-state index < -0.39 is 0 Å². The highest BCUT2D eigenvalue weighted by Gasteiger charge is 2.00. The summed E-state index contributed by atoms with van der Waals surface area (Å²) in [5.74, 6) is 0. The molecule has 0 heteroatoms. The Morgan fingerprint density at radius 2 is 0.430 bits per heavy atom. The van der Waals surface area contributed by atoms with E-state index in [9.17, 15) is 0 Å². The molecule has 0 spiro atoms. The minimum atomic E-state index is 0. The van der Waals surface area contributed by atoms with Crippen molar-refractivity contribution in [3.05, 3.63) is 282 Å². The Morgan fingerprint density at radius 1 is 0.230 bits per heavy atom. The third kappa shape index (κ3) is 107. The van der Waals surface area contributed by atoms with Crippen molar-refractivity contribution in [3.63, 3.8) is 0 Å². The highest BCUT2D eigenvalue weighted by molar-refractivity contribution is 5.82. The molecule has 100 heavy (non-hydrogen) atoms. The largest absolute Gasteiger partial charge is 0.0808 e. The van der Waals surface area contributed by atoms with Crippen molar-refractivity contribution < 1.29 is 0 Å². The second-order valence-corrected chi connectivity index (χ2v) is 19.7. The molecule has 0 nitrogen and oxygen atoms in total. The van der Waals surface area contributed by atoms with E-state index in [1.165, 1.54) is 115 Å². The quantitative estimate of drug-likeness (QED) is 0.165. The van der Waals surface area contributed by atoms with Gasteiger partial charge in [-0.05, 0) is 82.7 Å². The lowest BCUT2D eigenvalue weighted by Crippen LogP contribution is -1.85. The van der Waals surface area contributed by atoms with Crippen molar-refractivity contribution in [2.45, 2.75) is 338 Å². The fourth-order valence-corrected chi connectivity index (χ4v) is 6.85. The molecule has 7 aromatic carbocycles. The summed E-state index contributed by atoms with van der Waals surface area (Å²) in [6.45, 7) is 65.8. The molecule has 0 amide bonds. The van der Waals surface area contributed by atoms with Gasteiger partial charge in [-0.2, -0.15) is 0 Å². The molecule has 576 valence electrons. The Morgan fingerprint density at radius 3 is 0.620 bits per heavy atom. The Labute approximate surface area is 633 Å². The van der Waals surface area contributed by atoms with Crippen LogP contribution in [0.25, 0.3) is 16.8 Å². The molecule has 0 bridgehead atoms. The van der Waals surface area contributed by atoms with Crippen LogP contribution in [0, 0.1) is 0 Å². The predicted octanol–water partition coefficient (Wildman–Crippen LogP) is 36.2. The third-order valence-corrected chi connectivity index (χ3v) is 10.5. The molecule has 4 aliphatic carbocycles. The third-order valence-electron chi connectivity index (χ3n) is 10.5. The number of hydrogen-bond acceptors (Lipinski definition) is 0. The SMILES string of the molecule is C.C1=CCC=C1.C1=CCC=C1.C1=Cc2ccccc2C1.C1CCCC1.CC.CC.CC.CC.CC.CC.CC.CC.CC.CCC.CCC.CCC.CCC.CCC.CCC.CCc1ccccc1.CCc1ccccc1.c1ccc(Cc2ccccc2)cc1.c1ccc2ccccc2c1. The van der Waals surface area contributed by atoms with Gasteiger partial charge in [-0.3, -0.25) is 0 Å². The van der Waals surface area contributed by atoms with Gasteiger partial charge in [0.05, 0.1) is 0 Å². The van der Waals surface area contributed by atoms with E-state index in [0.29, 0.717) is 0 Å². The van der Waals surface area contributed by atoms with E-state index in [2.05, 4.69) is 340 Å². The van der Waals surface area contributed by atoms with Gasteiger partial charge >= 0.3 is 0 Å². The minimum Gasteiger partial charge on any atom is -0.0808 e. The highest BCUT2D eigenvalue weighted by atomic mass is 14.1. The number of hydrogen-bond donors (Lipinski definition) is 0. The maximum Gasteiger partial charge on any atom is -0.00258 e. The summed E-state index contributed by atoms with van der Waals surface area (Å²) in [4.78, 5) is 0. The Balaban J connectivity index is -0.0000000744. The molecule has 1 fully saturated rings. The van der Waals surface area contributed by atoms with Crippen LogP contribution in [-0.4, -0.2) is 0 Å². The molecule has 7 aromatic rings. The molecule has 1 saturated carbocycles. The van der Waals surface area contributed by atoms with Crippen LogP contribution >= 0.6 is 0 Å². The summed E-state index contributed by atoms with van der Waals surface area (Å²) < 4.78 is 0. The van der Waals surface area contributed by atoms with E-state index >= 15 is 0 Å². The Bertz CT molecular complexity index is 2200. The first-order valence-electron chi connectivity index (χ1n) is 40.7. The smallest absolute Gasteiger partial charge is 0.00258 e. The Kier molecular flexibility index (Phi) is 163. The summed E-state index contributed by atoms with van der Waals surface area (Å²) in [6, 6.07) is 67.2. The van der Waals surface area contributed by atoms with E-state index in [1.807, 2.05) is 137 Å². The fraction of sp³-hybridized carbons (Fsp3) is 0.500. The number of allylic oxidation sites excluding steroid dienone is 9. The molecule has 4 aliphatic rings. The van der Waals surface area contributed by atoms with Gasteiger partial charge in [0.2, 0.25) is 0 Å². The van der Waals surface area contributed by atoms with Crippen LogP contribution in [0.2, 0.25) is 0 Å². The summed E-state index contributed by atoms with van der Waals surface area (Å²) in [6.07, 6.45) is 42.8. The van der Waals surface area contributed by atoms with Gasteiger partial charge in [0.25, 0.3) is 0 Å². The average Bonchev–Trinajstić information content (AvgIpc) is 1.22. The zero-order chi connectivity index (χ0) is 78.3.